The summed E-state index contributed by atoms with van der Waals surface area (Å²) in [4.78, 5) is 0. The molecule has 1 heterocycles. The topological polar surface area (TPSA) is 0 Å². The van der Waals surface area contributed by atoms with Gasteiger partial charge >= 0.3 is 0 Å². The molecule has 46 heavy (non-hydrogen) atoms. The van der Waals surface area contributed by atoms with Gasteiger partial charge in [0.1, 0.15) is 0 Å². The second-order valence-corrected chi connectivity index (χ2v) is 13.0. The fourth-order valence-corrected chi connectivity index (χ4v) is 8.66. The molecule has 0 radical (unpaired) electrons. The predicted octanol–water partition coefficient (Wildman–Crippen LogP) is 13.6. The Kier molecular flexibility index (Phi) is 6.33. The van der Waals surface area contributed by atoms with Crippen LogP contribution in [0.4, 0.5) is 0 Å². The lowest BCUT2D eigenvalue weighted by molar-refractivity contribution is 1.64. The zero-order valence-corrected chi connectivity index (χ0v) is 26.3. The van der Waals surface area contributed by atoms with Crippen molar-refractivity contribution >= 4 is 80.7 Å². The lowest BCUT2D eigenvalue weighted by Crippen LogP contribution is -1.87. The number of fused-ring (bicyclic) bond motifs is 11. The molecule has 0 saturated carbocycles. The van der Waals surface area contributed by atoms with Crippen LogP contribution in [-0.4, -0.2) is 0 Å². The smallest absolute Gasteiger partial charge is 0.0434 e. The number of thiophene rings is 1. The summed E-state index contributed by atoms with van der Waals surface area (Å²) in [5.74, 6) is 0. The number of allylic oxidation sites excluding steroid dienone is 3. The Labute approximate surface area is 272 Å². The normalized spacial score (nSPS) is 12.3. The zero-order chi connectivity index (χ0) is 30.6. The van der Waals surface area contributed by atoms with Gasteiger partial charge in [-0.3, -0.25) is 0 Å². The Bertz CT molecular complexity index is 2640. The van der Waals surface area contributed by atoms with Crippen molar-refractivity contribution in [1.29, 1.82) is 0 Å². The lowest BCUT2D eigenvalue weighted by Gasteiger charge is -2.14. The van der Waals surface area contributed by atoms with Crippen LogP contribution >= 0.6 is 11.3 Å². The molecule has 0 amide bonds. The molecule has 216 valence electrons. The van der Waals surface area contributed by atoms with Crippen LogP contribution in [-0.2, 0) is 0 Å². The van der Waals surface area contributed by atoms with E-state index >= 15 is 0 Å². The Morgan fingerprint density at radius 3 is 1.59 bits per heavy atom. The van der Waals surface area contributed by atoms with Crippen molar-refractivity contribution in [3.8, 4) is 22.3 Å². The quantitative estimate of drug-likeness (QED) is 0.139. The van der Waals surface area contributed by atoms with Crippen LogP contribution in [0.25, 0.3) is 91.6 Å². The van der Waals surface area contributed by atoms with Crippen LogP contribution in [0, 0.1) is 0 Å². The van der Waals surface area contributed by atoms with Crippen LogP contribution in [0.1, 0.15) is 12.5 Å². The summed E-state index contributed by atoms with van der Waals surface area (Å²) in [5.41, 5.74) is 6.30. The van der Waals surface area contributed by atoms with Crippen LogP contribution < -0.4 is 0 Å². The fraction of sp³-hybridized carbons (Fsp3) is 0.0222. The van der Waals surface area contributed by atoms with Crippen molar-refractivity contribution in [2.24, 2.45) is 0 Å². The van der Waals surface area contributed by atoms with Crippen molar-refractivity contribution in [3.63, 3.8) is 0 Å². The van der Waals surface area contributed by atoms with Crippen molar-refractivity contribution in [1.82, 2.24) is 0 Å². The third-order valence-corrected chi connectivity index (χ3v) is 10.7. The molecule has 0 atom stereocenters. The van der Waals surface area contributed by atoms with Gasteiger partial charge in [-0.15, -0.1) is 11.3 Å². The van der Waals surface area contributed by atoms with Crippen molar-refractivity contribution in [2.75, 3.05) is 0 Å². The van der Waals surface area contributed by atoms with Gasteiger partial charge in [-0.2, -0.15) is 0 Å². The standard InChI is InChI=1S/C45H30S/c1-2-3-4-13-31-28-42-41-23-12-21-34(44(41)46-45(42)40-19-10-5-14-32(31)40)30-26-24-29(25-27-30)33-20-11-22-39-37-16-7-6-15-35(37)36-17-8-9-18-38(36)43(33)39/h2-28H,1H3/b3-2-,13-4-. The first kappa shape index (κ1) is 26.9. The van der Waals surface area contributed by atoms with Crippen molar-refractivity contribution in [2.45, 2.75) is 6.92 Å². The molecule has 1 aromatic heterocycles. The van der Waals surface area contributed by atoms with E-state index in [0.29, 0.717) is 0 Å². The van der Waals surface area contributed by atoms with Gasteiger partial charge in [-0.25, -0.2) is 0 Å². The molecule has 9 rings (SSSR count). The van der Waals surface area contributed by atoms with Gasteiger partial charge in [0.25, 0.3) is 0 Å². The number of benzene rings is 8. The molecule has 8 aromatic carbocycles. The van der Waals surface area contributed by atoms with E-state index in [2.05, 4.69) is 171 Å². The Morgan fingerprint density at radius 2 is 0.913 bits per heavy atom. The molecule has 1 heteroatoms. The summed E-state index contributed by atoms with van der Waals surface area (Å²) in [7, 11) is 0. The fourth-order valence-electron chi connectivity index (χ4n) is 7.31. The van der Waals surface area contributed by atoms with Crippen LogP contribution in [0.3, 0.4) is 0 Å². The highest BCUT2D eigenvalue weighted by atomic mass is 32.1. The molecular weight excluding hydrogens is 573 g/mol. The molecule has 0 spiro atoms. The Balaban J connectivity index is 1.22. The molecule has 0 fully saturated rings. The van der Waals surface area contributed by atoms with Crippen LogP contribution in [0.15, 0.2) is 158 Å². The van der Waals surface area contributed by atoms with Gasteiger partial charge in [0, 0.05) is 25.6 Å². The zero-order valence-electron chi connectivity index (χ0n) is 25.5. The number of hydrogen-bond acceptors (Lipinski definition) is 1. The van der Waals surface area contributed by atoms with E-state index in [1.807, 2.05) is 11.3 Å². The molecule has 0 unspecified atom stereocenters. The Hall–Kier alpha value is -5.50. The molecule has 9 aromatic rings. The lowest BCUT2D eigenvalue weighted by atomic mass is 9.89. The van der Waals surface area contributed by atoms with E-state index < -0.39 is 0 Å². The van der Waals surface area contributed by atoms with Crippen LogP contribution in [0.2, 0.25) is 0 Å². The summed E-state index contributed by atoms with van der Waals surface area (Å²) in [6.07, 6.45) is 8.53. The second-order valence-electron chi connectivity index (χ2n) is 12.0. The third-order valence-electron chi connectivity index (χ3n) is 9.39. The highest BCUT2D eigenvalue weighted by Gasteiger charge is 2.16. The molecule has 0 saturated heterocycles. The minimum Gasteiger partial charge on any atom is -0.134 e. The number of hydrogen-bond donors (Lipinski definition) is 0. The largest absolute Gasteiger partial charge is 0.134 e. The average Bonchev–Trinajstić information content (AvgIpc) is 3.51. The predicted molar refractivity (Wildman–Crippen MR) is 204 cm³/mol. The minimum absolute atomic E-state index is 1.24. The second kappa shape index (κ2) is 10.8. The van der Waals surface area contributed by atoms with Gasteiger partial charge in [-0.1, -0.05) is 158 Å². The SMILES string of the molecule is C/C=C\C=C/c1cc2c3cccc(-c4ccc(-c5cccc6c7ccccc7c7ccccc7c56)cc4)c3sc2c2ccccc12. The van der Waals surface area contributed by atoms with E-state index in [1.54, 1.807) is 0 Å². The summed E-state index contributed by atoms with van der Waals surface area (Å²) in [5, 5.41) is 13.1. The van der Waals surface area contributed by atoms with Crippen LogP contribution in [0.5, 0.6) is 0 Å². The molecular formula is C45H30S. The first-order valence-electron chi connectivity index (χ1n) is 15.9. The average molecular weight is 603 g/mol. The van der Waals surface area contributed by atoms with Gasteiger partial charge in [0.15, 0.2) is 0 Å². The number of rotatable bonds is 4. The first-order valence-corrected chi connectivity index (χ1v) is 16.7. The minimum atomic E-state index is 1.24. The molecule has 0 aliphatic heterocycles. The van der Waals surface area contributed by atoms with E-state index in [9.17, 15) is 0 Å². The van der Waals surface area contributed by atoms with Gasteiger partial charge < -0.3 is 0 Å². The summed E-state index contributed by atoms with van der Waals surface area (Å²) >= 11 is 1.92. The van der Waals surface area contributed by atoms with Gasteiger partial charge in [0.05, 0.1) is 0 Å². The molecule has 0 nitrogen and oxygen atoms in total. The molecule has 0 bridgehead atoms. The van der Waals surface area contributed by atoms with E-state index in [0.717, 1.165) is 0 Å². The van der Waals surface area contributed by atoms with Gasteiger partial charge in [-0.05, 0) is 78.5 Å². The Morgan fingerprint density at radius 1 is 0.413 bits per heavy atom. The highest BCUT2D eigenvalue weighted by molar-refractivity contribution is 7.27. The first-order chi connectivity index (χ1) is 22.8. The van der Waals surface area contributed by atoms with Gasteiger partial charge in [0.2, 0.25) is 0 Å². The molecule has 0 aliphatic rings. The maximum absolute atomic E-state index is 2.37. The monoisotopic (exact) mass is 602 g/mol. The molecule has 0 aliphatic carbocycles. The molecule has 0 N–H and O–H groups in total. The van der Waals surface area contributed by atoms with Crippen molar-refractivity contribution in [3.05, 3.63) is 163 Å². The maximum atomic E-state index is 2.37. The van der Waals surface area contributed by atoms with Crippen molar-refractivity contribution < 1.29 is 0 Å². The third kappa shape index (κ3) is 4.13. The van der Waals surface area contributed by atoms with E-state index in [-0.39, 0.29) is 0 Å². The summed E-state index contributed by atoms with van der Waals surface area (Å²) in [6.45, 7) is 2.05. The van der Waals surface area contributed by atoms with E-state index in [4.69, 9.17) is 0 Å². The summed E-state index contributed by atoms with van der Waals surface area (Å²) in [6, 6.07) is 51.6. The summed E-state index contributed by atoms with van der Waals surface area (Å²) < 4.78 is 2.69. The highest BCUT2D eigenvalue weighted by Crippen LogP contribution is 2.45. The van der Waals surface area contributed by atoms with E-state index in [1.165, 1.54) is 91.1 Å². The maximum Gasteiger partial charge on any atom is 0.0434 e.